The number of benzene rings is 1. The molecule has 0 atom stereocenters. The predicted molar refractivity (Wildman–Crippen MR) is 113 cm³/mol. The Labute approximate surface area is 179 Å². The van der Waals surface area contributed by atoms with Gasteiger partial charge in [-0.1, -0.05) is 49.2 Å². The number of amides is 1. The standard InChI is InChI=1S/C22H25FN4O2S/c1-26(14-16-8-5-6-11-18(16)23)20(28)15-30-22-25-24-21(19-12-7-13-29-19)27(22)17-9-3-2-4-10-17/h5-8,11-13,17H,2-4,9-10,14-15H2,1H3. The van der Waals surface area contributed by atoms with Crippen LogP contribution in [0.5, 0.6) is 0 Å². The summed E-state index contributed by atoms with van der Waals surface area (Å²) in [6.07, 6.45) is 7.37. The number of carbonyl (C=O) groups is 1. The minimum Gasteiger partial charge on any atom is -0.461 e. The smallest absolute Gasteiger partial charge is 0.233 e. The van der Waals surface area contributed by atoms with Crippen LogP contribution in [0.3, 0.4) is 0 Å². The van der Waals surface area contributed by atoms with E-state index >= 15 is 0 Å². The van der Waals surface area contributed by atoms with Crippen LogP contribution in [0.4, 0.5) is 4.39 Å². The molecule has 0 radical (unpaired) electrons. The molecule has 30 heavy (non-hydrogen) atoms. The van der Waals surface area contributed by atoms with Crippen LogP contribution >= 0.6 is 11.8 Å². The predicted octanol–water partition coefficient (Wildman–Crippen LogP) is 4.93. The largest absolute Gasteiger partial charge is 0.461 e. The van der Waals surface area contributed by atoms with Gasteiger partial charge in [0.2, 0.25) is 11.7 Å². The zero-order valence-corrected chi connectivity index (χ0v) is 17.8. The van der Waals surface area contributed by atoms with Crippen molar-refractivity contribution in [2.45, 2.75) is 49.8 Å². The summed E-state index contributed by atoms with van der Waals surface area (Å²) in [7, 11) is 1.69. The molecule has 4 rings (SSSR count). The molecule has 0 aliphatic heterocycles. The molecule has 1 amide bonds. The highest BCUT2D eigenvalue weighted by atomic mass is 32.2. The molecule has 0 bridgehead atoms. The van der Waals surface area contributed by atoms with Crippen LogP contribution in [0.15, 0.2) is 52.2 Å². The number of rotatable bonds is 7. The molecule has 1 fully saturated rings. The van der Waals surface area contributed by atoms with E-state index in [1.807, 2.05) is 12.1 Å². The second-order valence-electron chi connectivity index (χ2n) is 7.58. The van der Waals surface area contributed by atoms with Crippen LogP contribution in [-0.4, -0.2) is 38.4 Å². The summed E-state index contributed by atoms with van der Waals surface area (Å²) in [5, 5.41) is 9.44. The molecule has 8 heteroatoms. The van der Waals surface area contributed by atoms with Gasteiger partial charge < -0.3 is 9.32 Å². The number of thioether (sulfide) groups is 1. The highest BCUT2D eigenvalue weighted by Gasteiger charge is 2.25. The molecule has 0 N–H and O–H groups in total. The molecule has 1 aliphatic carbocycles. The number of carbonyl (C=O) groups excluding carboxylic acids is 1. The van der Waals surface area contributed by atoms with Gasteiger partial charge in [-0.15, -0.1) is 10.2 Å². The second-order valence-corrected chi connectivity index (χ2v) is 8.52. The number of hydrogen-bond acceptors (Lipinski definition) is 5. The molecule has 3 aromatic rings. The summed E-state index contributed by atoms with van der Waals surface area (Å²) >= 11 is 1.37. The van der Waals surface area contributed by atoms with Gasteiger partial charge in [0.25, 0.3) is 0 Å². The fourth-order valence-electron chi connectivity index (χ4n) is 3.82. The average molecular weight is 429 g/mol. The molecule has 1 saturated carbocycles. The van der Waals surface area contributed by atoms with Crippen molar-refractivity contribution in [1.82, 2.24) is 19.7 Å². The third-order valence-electron chi connectivity index (χ3n) is 5.46. The maximum absolute atomic E-state index is 13.9. The van der Waals surface area contributed by atoms with E-state index in [0.29, 0.717) is 23.2 Å². The van der Waals surface area contributed by atoms with Crippen LogP contribution in [-0.2, 0) is 11.3 Å². The van der Waals surface area contributed by atoms with Crippen molar-refractivity contribution in [3.63, 3.8) is 0 Å². The van der Waals surface area contributed by atoms with E-state index in [9.17, 15) is 9.18 Å². The number of aromatic nitrogens is 3. The molecule has 0 saturated heterocycles. The first kappa shape index (κ1) is 20.7. The first-order valence-corrected chi connectivity index (χ1v) is 11.2. The van der Waals surface area contributed by atoms with Gasteiger partial charge in [0.05, 0.1) is 12.0 Å². The highest BCUT2D eigenvalue weighted by Crippen LogP contribution is 2.35. The van der Waals surface area contributed by atoms with Gasteiger partial charge >= 0.3 is 0 Å². The molecule has 1 aliphatic rings. The van der Waals surface area contributed by atoms with Gasteiger partial charge in [-0.3, -0.25) is 9.36 Å². The normalized spacial score (nSPS) is 14.7. The maximum atomic E-state index is 13.9. The Morgan fingerprint density at radius 3 is 2.73 bits per heavy atom. The fraction of sp³-hybridized carbons (Fsp3) is 0.409. The van der Waals surface area contributed by atoms with Crippen LogP contribution < -0.4 is 0 Å². The maximum Gasteiger partial charge on any atom is 0.233 e. The summed E-state index contributed by atoms with van der Waals surface area (Å²) in [4.78, 5) is 14.2. The van der Waals surface area contributed by atoms with Crippen LogP contribution in [0.25, 0.3) is 11.6 Å². The van der Waals surface area contributed by atoms with Crippen molar-refractivity contribution in [1.29, 1.82) is 0 Å². The molecule has 2 aromatic heterocycles. The second kappa shape index (κ2) is 9.47. The Balaban J connectivity index is 1.47. The minimum absolute atomic E-state index is 0.0824. The van der Waals surface area contributed by atoms with Gasteiger partial charge in [0.15, 0.2) is 10.9 Å². The van der Waals surface area contributed by atoms with Gasteiger partial charge in [-0.25, -0.2) is 4.39 Å². The Bertz CT molecular complexity index is 983. The van der Waals surface area contributed by atoms with E-state index in [0.717, 1.165) is 18.0 Å². The number of hydrogen-bond donors (Lipinski definition) is 0. The molecular formula is C22H25FN4O2S. The topological polar surface area (TPSA) is 64.2 Å². The fourth-order valence-corrected chi connectivity index (χ4v) is 4.77. The quantitative estimate of drug-likeness (QED) is 0.499. The Kier molecular flexibility index (Phi) is 6.52. The third kappa shape index (κ3) is 4.59. The molecule has 2 heterocycles. The molecule has 6 nitrogen and oxygen atoms in total. The van der Waals surface area contributed by atoms with E-state index < -0.39 is 0 Å². The van der Waals surface area contributed by atoms with E-state index in [-0.39, 0.29) is 24.0 Å². The number of furan rings is 1. The molecule has 158 valence electrons. The van der Waals surface area contributed by atoms with Crippen molar-refractivity contribution in [2.75, 3.05) is 12.8 Å². The van der Waals surface area contributed by atoms with Gasteiger partial charge in [-0.05, 0) is 31.0 Å². The SMILES string of the molecule is CN(Cc1ccccc1F)C(=O)CSc1nnc(-c2ccco2)n1C1CCCCC1. The zero-order valence-electron chi connectivity index (χ0n) is 17.0. The van der Waals surface area contributed by atoms with Crippen molar-refractivity contribution in [3.05, 3.63) is 54.0 Å². The van der Waals surface area contributed by atoms with Crippen LogP contribution in [0.2, 0.25) is 0 Å². The molecule has 0 spiro atoms. The minimum atomic E-state index is -0.301. The van der Waals surface area contributed by atoms with Crippen molar-refractivity contribution in [3.8, 4) is 11.6 Å². The number of nitrogens with zero attached hydrogens (tertiary/aromatic N) is 4. The van der Waals surface area contributed by atoms with Gasteiger partial charge in [0.1, 0.15) is 5.82 Å². The van der Waals surface area contributed by atoms with Crippen molar-refractivity contribution >= 4 is 17.7 Å². The lowest BCUT2D eigenvalue weighted by Crippen LogP contribution is -2.28. The van der Waals surface area contributed by atoms with Crippen molar-refractivity contribution in [2.24, 2.45) is 0 Å². The third-order valence-corrected chi connectivity index (χ3v) is 6.39. The number of halogens is 1. The van der Waals surface area contributed by atoms with Crippen LogP contribution in [0.1, 0.15) is 43.7 Å². The molecule has 1 aromatic carbocycles. The zero-order chi connectivity index (χ0) is 20.9. The average Bonchev–Trinajstić information content (AvgIpc) is 3.44. The highest BCUT2D eigenvalue weighted by molar-refractivity contribution is 7.99. The van der Waals surface area contributed by atoms with E-state index in [4.69, 9.17) is 4.42 Å². The lowest BCUT2D eigenvalue weighted by Gasteiger charge is -2.25. The Morgan fingerprint density at radius 1 is 1.20 bits per heavy atom. The Hall–Kier alpha value is -2.61. The lowest BCUT2D eigenvalue weighted by atomic mass is 9.95. The molecule has 0 unspecified atom stereocenters. The van der Waals surface area contributed by atoms with Crippen LogP contribution in [0, 0.1) is 5.82 Å². The summed E-state index contributed by atoms with van der Waals surface area (Å²) in [6, 6.07) is 10.5. The van der Waals surface area contributed by atoms with Crippen molar-refractivity contribution < 1.29 is 13.6 Å². The van der Waals surface area contributed by atoms with E-state index in [2.05, 4.69) is 14.8 Å². The summed E-state index contributed by atoms with van der Waals surface area (Å²) in [6.45, 7) is 0.235. The summed E-state index contributed by atoms with van der Waals surface area (Å²) in [5.74, 6) is 1.23. The monoisotopic (exact) mass is 428 g/mol. The summed E-state index contributed by atoms with van der Waals surface area (Å²) in [5.41, 5.74) is 0.504. The first-order chi connectivity index (χ1) is 14.6. The van der Waals surface area contributed by atoms with Gasteiger partial charge in [0, 0.05) is 25.2 Å². The first-order valence-electron chi connectivity index (χ1n) is 10.2. The van der Waals surface area contributed by atoms with Gasteiger partial charge in [-0.2, -0.15) is 0 Å². The van der Waals surface area contributed by atoms with E-state index in [1.54, 1.807) is 36.4 Å². The Morgan fingerprint density at radius 2 is 2.00 bits per heavy atom. The summed E-state index contributed by atoms with van der Waals surface area (Å²) < 4.78 is 21.6. The molecular weight excluding hydrogens is 403 g/mol. The van der Waals surface area contributed by atoms with E-state index in [1.165, 1.54) is 37.1 Å². The lowest BCUT2D eigenvalue weighted by molar-refractivity contribution is -0.127.